The van der Waals surface area contributed by atoms with Gasteiger partial charge >= 0.3 is 5.69 Å². The summed E-state index contributed by atoms with van der Waals surface area (Å²) >= 11 is 1.59. The second-order valence-electron chi connectivity index (χ2n) is 7.19. The van der Waals surface area contributed by atoms with Gasteiger partial charge in [-0.2, -0.15) is 0 Å². The Kier molecular flexibility index (Phi) is 5.17. The maximum atomic E-state index is 13.3. The SMILES string of the molecule is Cn1cccc1CN(Cc1cccs1)C(=O)Cn1cnc2c1c(=O)n(C)c(=O)n2C. The summed E-state index contributed by atoms with van der Waals surface area (Å²) in [5.41, 5.74) is 0.595. The topological polar surface area (TPSA) is 87.1 Å². The van der Waals surface area contributed by atoms with E-state index >= 15 is 0 Å². The number of fused-ring (bicyclic) bond motifs is 1. The Balaban J connectivity index is 1.68. The molecule has 4 aromatic heterocycles. The molecule has 4 rings (SSSR count). The van der Waals surface area contributed by atoms with Gasteiger partial charge in [-0.3, -0.25) is 18.7 Å². The molecule has 0 unspecified atom stereocenters. The molecule has 10 heteroatoms. The molecule has 0 N–H and O–H groups in total. The second kappa shape index (κ2) is 7.79. The Morgan fingerprint density at radius 2 is 1.90 bits per heavy atom. The van der Waals surface area contributed by atoms with Crippen LogP contribution in [0.15, 0.2) is 51.8 Å². The van der Waals surface area contributed by atoms with Crippen molar-refractivity contribution >= 4 is 28.4 Å². The Hall–Kier alpha value is -3.40. The lowest BCUT2D eigenvalue weighted by atomic mass is 10.3. The van der Waals surface area contributed by atoms with E-state index in [1.807, 2.05) is 47.5 Å². The Morgan fingerprint density at radius 1 is 1.10 bits per heavy atom. The largest absolute Gasteiger partial charge is 0.353 e. The summed E-state index contributed by atoms with van der Waals surface area (Å²) < 4.78 is 5.84. The minimum absolute atomic E-state index is 0.0419. The van der Waals surface area contributed by atoms with Gasteiger partial charge in [0.2, 0.25) is 5.91 Å². The number of thiophene rings is 1. The third-order valence-corrected chi connectivity index (χ3v) is 6.07. The van der Waals surface area contributed by atoms with Crippen LogP contribution < -0.4 is 11.2 Å². The van der Waals surface area contributed by atoms with Crippen LogP contribution in [0.5, 0.6) is 0 Å². The predicted octanol–water partition coefficient (Wildman–Crippen LogP) is 1.06. The maximum absolute atomic E-state index is 13.3. The van der Waals surface area contributed by atoms with Crippen molar-refractivity contribution in [2.75, 3.05) is 0 Å². The second-order valence-corrected chi connectivity index (χ2v) is 8.22. The Bertz CT molecular complexity index is 1330. The molecule has 0 fully saturated rings. The van der Waals surface area contributed by atoms with Gasteiger partial charge in [0.05, 0.1) is 19.4 Å². The first-order chi connectivity index (χ1) is 14.4. The first-order valence-corrected chi connectivity index (χ1v) is 10.3. The van der Waals surface area contributed by atoms with E-state index < -0.39 is 11.2 Å². The number of carbonyl (C=O) groups is 1. The molecular weight excluding hydrogens is 404 g/mol. The van der Waals surface area contributed by atoms with E-state index in [1.165, 1.54) is 22.5 Å². The molecule has 0 aliphatic heterocycles. The van der Waals surface area contributed by atoms with Crippen LogP contribution in [0.3, 0.4) is 0 Å². The van der Waals surface area contributed by atoms with E-state index in [4.69, 9.17) is 0 Å². The van der Waals surface area contributed by atoms with Crippen LogP contribution in [0.4, 0.5) is 0 Å². The molecule has 0 spiro atoms. The molecule has 0 aliphatic carbocycles. The molecular formula is C20H22N6O3S. The average molecular weight is 427 g/mol. The minimum Gasteiger partial charge on any atom is -0.353 e. The molecule has 156 valence electrons. The fraction of sp³-hybridized carbons (Fsp3) is 0.300. The monoisotopic (exact) mass is 426 g/mol. The van der Waals surface area contributed by atoms with Crippen LogP contribution in [-0.2, 0) is 45.6 Å². The van der Waals surface area contributed by atoms with Gasteiger partial charge in [-0.15, -0.1) is 11.3 Å². The molecule has 30 heavy (non-hydrogen) atoms. The molecule has 0 saturated heterocycles. The zero-order valence-electron chi connectivity index (χ0n) is 17.0. The molecule has 0 bridgehead atoms. The summed E-state index contributed by atoms with van der Waals surface area (Å²) in [6.07, 6.45) is 3.38. The van der Waals surface area contributed by atoms with Crippen molar-refractivity contribution in [2.24, 2.45) is 21.1 Å². The highest BCUT2D eigenvalue weighted by Crippen LogP contribution is 2.16. The van der Waals surface area contributed by atoms with E-state index in [-0.39, 0.29) is 23.6 Å². The number of aromatic nitrogens is 5. The highest BCUT2D eigenvalue weighted by Gasteiger charge is 2.20. The molecule has 1 amide bonds. The van der Waals surface area contributed by atoms with Gasteiger partial charge in [-0.05, 0) is 23.6 Å². The van der Waals surface area contributed by atoms with Crippen LogP contribution in [-0.4, -0.2) is 34.1 Å². The number of carbonyl (C=O) groups excluding carboxylic acids is 1. The number of nitrogens with zero attached hydrogens (tertiary/aromatic N) is 6. The minimum atomic E-state index is -0.467. The fourth-order valence-corrected chi connectivity index (χ4v) is 4.16. The van der Waals surface area contributed by atoms with Crippen molar-refractivity contribution in [1.29, 1.82) is 0 Å². The standard InChI is InChI=1S/C20H22N6O3S/c1-22-8-4-6-14(22)10-25(11-15-7-5-9-30-15)16(27)12-26-13-21-18-17(26)19(28)24(3)20(29)23(18)2/h4-9,13H,10-12H2,1-3H3. The van der Waals surface area contributed by atoms with Crippen molar-refractivity contribution in [3.8, 4) is 0 Å². The molecule has 0 aromatic carbocycles. The van der Waals surface area contributed by atoms with Crippen LogP contribution in [0, 0.1) is 0 Å². The van der Waals surface area contributed by atoms with Gasteiger partial charge in [0.25, 0.3) is 5.56 Å². The van der Waals surface area contributed by atoms with Crippen molar-refractivity contribution in [3.63, 3.8) is 0 Å². The summed E-state index contributed by atoms with van der Waals surface area (Å²) in [5, 5.41) is 1.98. The lowest BCUT2D eigenvalue weighted by Gasteiger charge is -2.23. The van der Waals surface area contributed by atoms with Crippen LogP contribution in [0.1, 0.15) is 10.6 Å². The zero-order valence-corrected chi connectivity index (χ0v) is 17.8. The molecule has 4 heterocycles. The summed E-state index contributed by atoms with van der Waals surface area (Å²) in [4.78, 5) is 45.1. The molecule has 0 atom stereocenters. The molecule has 0 radical (unpaired) electrons. The third kappa shape index (κ3) is 3.50. The summed E-state index contributed by atoms with van der Waals surface area (Å²) in [6, 6.07) is 7.87. The van der Waals surface area contributed by atoms with Gasteiger partial charge < -0.3 is 14.0 Å². The molecule has 0 aliphatic rings. The quantitative estimate of drug-likeness (QED) is 0.461. The first kappa shape index (κ1) is 19.9. The van der Waals surface area contributed by atoms with Gasteiger partial charge in [0.1, 0.15) is 6.54 Å². The van der Waals surface area contributed by atoms with E-state index in [0.717, 1.165) is 15.1 Å². The normalized spacial score (nSPS) is 11.3. The number of hydrogen-bond donors (Lipinski definition) is 0. The lowest BCUT2D eigenvalue weighted by molar-refractivity contribution is -0.133. The highest BCUT2D eigenvalue weighted by atomic mass is 32.1. The number of rotatable bonds is 6. The van der Waals surface area contributed by atoms with Gasteiger partial charge in [0.15, 0.2) is 11.2 Å². The Labute approximate surface area is 176 Å². The average Bonchev–Trinajstić information content (AvgIpc) is 3.46. The number of amides is 1. The zero-order chi connectivity index (χ0) is 21.4. The summed E-state index contributed by atoms with van der Waals surface area (Å²) in [6.45, 7) is 0.883. The fourth-order valence-electron chi connectivity index (χ4n) is 3.44. The van der Waals surface area contributed by atoms with Crippen LogP contribution in [0.2, 0.25) is 0 Å². The first-order valence-electron chi connectivity index (χ1n) is 9.38. The van der Waals surface area contributed by atoms with E-state index in [1.54, 1.807) is 23.3 Å². The molecule has 4 aromatic rings. The van der Waals surface area contributed by atoms with Gasteiger partial charge in [0, 0.05) is 37.9 Å². The van der Waals surface area contributed by atoms with Gasteiger partial charge in [-0.1, -0.05) is 6.07 Å². The van der Waals surface area contributed by atoms with E-state index in [0.29, 0.717) is 13.1 Å². The van der Waals surface area contributed by atoms with Crippen molar-refractivity contribution in [3.05, 3.63) is 73.6 Å². The van der Waals surface area contributed by atoms with Crippen LogP contribution >= 0.6 is 11.3 Å². The van der Waals surface area contributed by atoms with Crippen LogP contribution in [0.25, 0.3) is 11.2 Å². The van der Waals surface area contributed by atoms with Crippen molar-refractivity contribution in [2.45, 2.75) is 19.6 Å². The highest BCUT2D eigenvalue weighted by molar-refractivity contribution is 7.09. The third-order valence-electron chi connectivity index (χ3n) is 5.21. The predicted molar refractivity (Wildman–Crippen MR) is 114 cm³/mol. The molecule has 0 saturated carbocycles. The number of aryl methyl sites for hydroxylation is 2. The molecule has 9 nitrogen and oxygen atoms in total. The summed E-state index contributed by atoms with van der Waals surface area (Å²) in [5.74, 6) is -0.139. The maximum Gasteiger partial charge on any atom is 0.332 e. The van der Waals surface area contributed by atoms with E-state index in [9.17, 15) is 14.4 Å². The number of imidazole rings is 1. The summed E-state index contributed by atoms with van der Waals surface area (Å²) in [7, 11) is 4.92. The van der Waals surface area contributed by atoms with Gasteiger partial charge in [-0.25, -0.2) is 9.78 Å². The lowest BCUT2D eigenvalue weighted by Crippen LogP contribution is -2.38. The van der Waals surface area contributed by atoms with Crippen molar-refractivity contribution in [1.82, 2.24) is 28.2 Å². The smallest absolute Gasteiger partial charge is 0.332 e. The Morgan fingerprint density at radius 3 is 2.57 bits per heavy atom. The van der Waals surface area contributed by atoms with Crippen molar-refractivity contribution < 1.29 is 4.79 Å². The number of hydrogen-bond acceptors (Lipinski definition) is 5. The van der Waals surface area contributed by atoms with E-state index in [2.05, 4.69) is 4.98 Å².